The third-order valence-electron chi connectivity index (χ3n) is 5.69. The Hall–Kier alpha value is -3.21. The van der Waals surface area contributed by atoms with Gasteiger partial charge in [-0.25, -0.2) is 9.97 Å². The van der Waals surface area contributed by atoms with Crippen molar-refractivity contribution >= 4 is 44.9 Å². The Balaban J connectivity index is 1.59. The molecule has 1 saturated heterocycles. The molecule has 174 valence electrons. The maximum Gasteiger partial charge on any atom is 0.443 e. The van der Waals surface area contributed by atoms with E-state index >= 15 is 0 Å². The fraction of sp³-hybridized carbons (Fsp3) is 0.364. The van der Waals surface area contributed by atoms with Gasteiger partial charge in [0.15, 0.2) is 5.01 Å². The first-order valence-corrected chi connectivity index (χ1v) is 11.2. The van der Waals surface area contributed by atoms with Crippen LogP contribution >= 0.6 is 11.3 Å². The van der Waals surface area contributed by atoms with E-state index in [9.17, 15) is 22.8 Å². The first-order chi connectivity index (χ1) is 15.5. The fourth-order valence-corrected chi connectivity index (χ4v) is 4.78. The number of halogens is 3. The number of nitrogen functional groups attached to an aromatic ring is 1. The van der Waals surface area contributed by atoms with Crippen LogP contribution < -0.4 is 11.1 Å². The number of thiazole rings is 1. The van der Waals surface area contributed by atoms with Crippen LogP contribution in [0.15, 0.2) is 30.5 Å². The summed E-state index contributed by atoms with van der Waals surface area (Å²) >= 11 is 0.580. The van der Waals surface area contributed by atoms with E-state index < -0.39 is 29.0 Å². The van der Waals surface area contributed by atoms with Gasteiger partial charge in [-0.15, -0.1) is 11.3 Å². The lowest BCUT2D eigenvalue weighted by molar-refractivity contribution is -0.146. The first kappa shape index (κ1) is 23.0. The second-order valence-corrected chi connectivity index (χ2v) is 9.31. The van der Waals surface area contributed by atoms with Crippen LogP contribution in [0.2, 0.25) is 0 Å². The molecule has 0 radical (unpaired) electrons. The maximum atomic E-state index is 13.1. The molecule has 0 spiro atoms. The number of nitrogens with one attached hydrogen (secondary N) is 1. The summed E-state index contributed by atoms with van der Waals surface area (Å²) in [6.45, 7) is 4.08. The number of aromatic nitrogens is 2. The van der Waals surface area contributed by atoms with Gasteiger partial charge in [-0.3, -0.25) is 9.59 Å². The van der Waals surface area contributed by atoms with Gasteiger partial charge in [0.1, 0.15) is 5.82 Å². The van der Waals surface area contributed by atoms with Gasteiger partial charge < -0.3 is 16.0 Å². The largest absolute Gasteiger partial charge is 0.443 e. The van der Waals surface area contributed by atoms with Crippen molar-refractivity contribution in [1.82, 2.24) is 14.9 Å². The summed E-state index contributed by atoms with van der Waals surface area (Å²) < 4.78 is 39.6. The summed E-state index contributed by atoms with van der Waals surface area (Å²) in [5.41, 5.74) is 7.59. The molecule has 3 aromatic rings. The predicted octanol–water partition coefficient (Wildman–Crippen LogP) is 4.54. The number of rotatable bonds is 2. The molecule has 1 aromatic carbocycles. The van der Waals surface area contributed by atoms with E-state index in [1.54, 1.807) is 31.2 Å². The van der Waals surface area contributed by atoms with E-state index in [1.165, 1.54) is 11.1 Å². The Bertz CT molecular complexity index is 1230. The van der Waals surface area contributed by atoms with Gasteiger partial charge in [-0.1, -0.05) is 13.0 Å². The quantitative estimate of drug-likeness (QED) is 0.528. The molecule has 2 aromatic heterocycles. The highest BCUT2D eigenvalue weighted by atomic mass is 32.1. The van der Waals surface area contributed by atoms with E-state index in [0.29, 0.717) is 51.6 Å². The number of carbonyl (C=O) groups is 2. The van der Waals surface area contributed by atoms with Crippen molar-refractivity contribution in [1.29, 1.82) is 0 Å². The molecule has 3 N–H and O–H groups in total. The van der Waals surface area contributed by atoms with E-state index in [2.05, 4.69) is 15.3 Å². The minimum absolute atomic E-state index is 0.179. The van der Waals surface area contributed by atoms with Crippen molar-refractivity contribution in [3.05, 3.63) is 46.6 Å². The number of nitrogens with two attached hydrogens (primary N) is 1. The summed E-state index contributed by atoms with van der Waals surface area (Å²) in [7, 11) is 0. The van der Waals surface area contributed by atoms with Crippen molar-refractivity contribution in [3.63, 3.8) is 0 Å². The first-order valence-electron chi connectivity index (χ1n) is 10.3. The topological polar surface area (TPSA) is 101 Å². The Morgan fingerprint density at radius 1 is 1.24 bits per heavy atom. The molecular formula is C22H22F3N5O2S. The number of fused-ring (bicyclic) bond motifs is 1. The number of benzene rings is 1. The van der Waals surface area contributed by atoms with Crippen molar-refractivity contribution in [2.24, 2.45) is 5.92 Å². The molecule has 0 unspecified atom stereocenters. The lowest BCUT2D eigenvalue weighted by Gasteiger charge is -2.38. The number of piperidine rings is 1. The lowest BCUT2D eigenvalue weighted by atomic mass is 9.89. The number of carbonyl (C=O) groups excluding carboxylic acids is 2. The lowest BCUT2D eigenvalue weighted by Crippen LogP contribution is -2.46. The number of anilines is 2. The Morgan fingerprint density at radius 3 is 2.70 bits per heavy atom. The molecule has 1 aliphatic rings. The standard InChI is InChI=1S/C22H22F3N5O2S/c1-11-3-5-16(13-4-6-17-15(8-13)29-21(33-17)22(23,24)25)30(10-11)20(32)19(31)28-14-7-12(2)18(26)27-9-14/h4,6-9,11,16H,3,5,10H2,1-2H3,(H2,26,27)(H,28,31)/t11-,16+/m0/s1. The smallest absolute Gasteiger partial charge is 0.383 e. The van der Waals surface area contributed by atoms with Crippen molar-refractivity contribution < 1.29 is 22.8 Å². The molecule has 11 heteroatoms. The summed E-state index contributed by atoms with van der Waals surface area (Å²) in [6.07, 6.45) is -1.73. The SMILES string of the molecule is Cc1cc(NC(=O)C(=O)N2C[C@@H](C)CC[C@@H]2c2ccc3sc(C(F)(F)F)nc3c2)cnc1N. The van der Waals surface area contributed by atoms with Crippen LogP contribution in [-0.4, -0.2) is 33.2 Å². The summed E-state index contributed by atoms with van der Waals surface area (Å²) in [5.74, 6) is -1.02. The van der Waals surface area contributed by atoms with Gasteiger partial charge in [0.05, 0.1) is 28.1 Å². The van der Waals surface area contributed by atoms with Gasteiger partial charge in [-0.2, -0.15) is 13.2 Å². The second kappa shape index (κ2) is 8.62. The molecule has 0 aliphatic carbocycles. The zero-order valence-corrected chi connectivity index (χ0v) is 18.8. The Morgan fingerprint density at radius 2 is 2.00 bits per heavy atom. The number of nitrogens with zero attached hydrogens (tertiary/aromatic N) is 3. The average Bonchev–Trinajstić information content (AvgIpc) is 3.20. The van der Waals surface area contributed by atoms with Crippen LogP contribution in [-0.2, 0) is 15.8 Å². The third kappa shape index (κ3) is 4.77. The third-order valence-corrected chi connectivity index (χ3v) is 6.77. The van der Waals surface area contributed by atoms with Gasteiger partial charge in [-0.05, 0) is 55.0 Å². The number of alkyl halides is 3. The van der Waals surface area contributed by atoms with Gasteiger partial charge >= 0.3 is 18.0 Å². The normalized spacial score (nSPS) is 19.0. The van der Waals surface area contributed by atoms with E-state index in [0.717, 1.165) is 6.42 Å². The Kier molecular flexibility index (Phi) is 6.00. The number of likely N-dealkylation sites (tertiary alicyclic amines) is 1. The van der Waals surface area contributed by atoms with E-state index in [1.807, 2.05) is 6.92 Å². The molecule has 0 saturated carbocycles. The number of hydrogen-bond acceptors (Lipinski definition) is 6. The molecule has 0 bridgehead atoms. The highest BCUT2D eigenvalue weighted by Crippen LogP contribution is 2.38. The highest BCUT2D eigenvalue weighted by molar-refractivity contribution is 7.18. The molecule has 7 nitrogen and oxygen atoms in total. The van der Waals surface area contributed by atoms with Gasteiger partial charge in [0.25, 0.3) is 0 Å². The van der Waals surface area contributed by atoms with Crippen LogP contribution in [0.25, 0.3) is 10.2 Å². The minimum Gasteiger partial charge on any atom is -0.383 e. The molecular weight excluding hydrogens is 455 g/mol. The van der Waals surface area contributed by atoms with E-state index in [4.69, 9.17) is 5.73 Å². The summed E-state index contributed by atoms with van der Waals surface area (Å²) in [5, 5.41) is 1.65. The average molecular weight is 478 g/mol. The second-order valence-electron chi connectivity index (χ2n) is 8.28. The van der Waals surface area contributed by atoms with Crippen LogP contribution in [0.4, 0.5) is 24.7 Å². The molecule has 1 aliphatic heterocycles. The molecule has 33 heavy (non-hydrogen) atoms. The number of pyridine rings is 1. The van der Waals surface area contributed by atoms with E-state index in [-0.39, 0.29) is 11.4 Å². The van der Waals surface area contributed by atoms with Crippen LogP contribution in [0.1, 0.15) is 41.9 Å². The molecule has 2 atom stereocenters. The number of amides is 2. The van der Waals surface area contributed by atoms with Crippen molar-refractivity contribution in [3.8, 4) is 0 Å². The highest BCUT2D eigenvalue weighted by Gasteiger charge is 2.36. The van der Waals surface area contributed by atoms with Crippen molar-refractivity contribution in [2.45, 2.75) is 38.9 Å². The van der Waals surface area contributed by atoms with Crippen LogP contribution in [0.3, 0.4) is 0 Å². The van der Waals surface area contributed by atoms with Gasteiger partial charge in [0, 0.05) is 6.54 Å². The Labute approximate surface area is 191 Å². The maximum absolute atomic E-state index is 13.1. The summed E-state index contributed by atoms with van der Waals surface area (Å²) in [4.78, 5) is 35.0. The fourth-order valence-electron chi connectivity index (χ4n) is 3.97. The van der Waals surface area contributed by atoms with Crippen LogP contribution in [0.5, 0.6) is 0 Å². The minimum atomic E-state index is -4.51. The predicted molar refractivity (Wildman–Crippen MR) is 119 cm³/mol. The molecule has 4 rings (SSSR count). The zero-order valence-electron chi connectivity index (χ0n) is 17.9. The molecule has 3 heterocycles. The zero-order chi connectivity index (χ0) is 23.9. The number of aryl methyl sites for hydroxylation is 1. The van der Waals surface area contributed by atoms with Gasteiger partial charge in [0.2, 0.25) is 0 Å². The molecule has 2 amide bonds. The molecule has 1 fully saturated rings. The number of hydrogen-bond donors (Lipinski definition) is 2. The summed E-state index contributed by atoms with van der Waals surface area (Å²) in [6, 6.07) is 6.05. The van der Waals surface area contributed by atoms with Crippen molar-refractivity contribution in [2.75, 3.05) is 17.6 Å². The van der Waals surface area contributed by atoms with Crippen LogP contribution in [0, 0.1) is 12.8 Å². The monoisotopic (exact) mass is 477 g/mol.